The highest BCUT2D eigenvalue weighted by Crippen LogP contribution is 2.61. The Bertz CT molecular complexity index is 291. The van der Waals surface area contributed by atoms with E-state index in [1.807, 2.05) is 0 Å². The fourth-order valence-corrected chi connectivity index (χ4v) is 14.0. The Morgan fingerprint density at radius 3 is 0.793 bits per heavy atom. The van der Waals surface area contributed by atoms with Crippen molar-refractivity contribution in [3.05, 3.63) is 0 Å². The summed E-state index contributed by atoms with van der Waals surface area (Å²) in [6, 6.07) is 0. The molecule has 176 valence electrons. The van der Waals surface area contributed by atoms with Crippen molar-refractivity contribution in [3.63, 3.8) is 0 Å². The van der Waals surface area contributed by atoms with Crippen molar-refractivity contribution in [1.29, 1.82) is 0 Å². The number of hydrogen-bond acceptors (Lipinski definition) is 0. The van der Waals surface area contributed by atoms with Gasteiger partial charge in [-0.25, -0.2) is 0 Å². The highest BCUT2D eigenvalue weighted by Gasteiger charge is 2.34. The summed E-state index contributed by atoms with van der Waals surface area (Å²) in [4.78, 5) is 0. The Hall–Kier alpha value is 0.860. The van der Waals surface area contributed by atoms with Crippen molar-refractivity contribution in [3.8, 4) is 0 Å². The fourth-order valence-electron chi connectivity index (χ4n) is 5.02. The van der Waals surface area contributed by atoms with E-state index in [4.69, 9.17) is 0 Å². The number of unbranched alkanes of at least 4 members (excludes halogenated alkanes) is 8. The lowest BCUT2D eigenvalue weighted by Crippen LogP contribution is -2.12. The third-order valence-electron chi connectivity index (χ3n) is 7.55. The van der Waals surface area contributed by atoms with E-state index in [2.05, 4.69) is 41.5 Å². The molecule has 0 N–H and O–H groups in total. The van der Waals surface area contributed by atoms with E-state index >= 15 is 0 Å². The van der Waals surface area contributed by atoms with E-state index < -0.39 is 14.5 Å². The van der Waals surface area contributed by atoms with Gasteiger partial charge in [-0.2, -0.15) is 0 Å². The molecule has 0 nitrogen and oxygen atoms in total. The first kappa shape index (κ1) is 29.9. The molecule has 0 spiro atoms. The lowest BCUT2D eigenvalue weighted by molar-refractivity contribution is 0.656. The molecule has 0 aromatic carbocycles. The molecule has 0 amide bonds. The van der Waals surface area contributed by atoms with Gasteiger partial charge in [0.05, 0.1) is 49.3 Å². The molecule has 2 heteroatoms. The summed E-state index contributed by atoms with van der Waals surface area (Å²) < 4.78 is 0. The van der Waals surface area contributed by atoms with Crippen LogP contribution in [-0.4, -0.2) is 49.3 Å². The van der Waals surface area contributed by atoms with Crippen LogP contribution < -0.4 is 0 Å². The van der Waals surface area contributed by atoms with Crippen LogP contribution in [0.1, 0.15) is 125 Å². The molecule has 0 bridgehead atoms. The minimum absolute atomic E-state index is 0.617. The Kier molecular flexibility index (Phi) is 20.1. The summed E-state index contributed by atoms with van der Waals surface area (Å²) in [5.74, 6) is 0. The highest BCUT2D eigenvalue weighted by atomic mass is 31.2. The second kappa shape index (κ2) is 19.5. The molecule has 0 radical (unpaired) electrons. The first-order valence-electron chi connectivity index (χ1n) is 13.8. The molecule has 0 aliphatic heterocycles. The predicted molar refractivity (Wildman–Crippen MR) is 147 cm³/mol. The molecule has 0 aliphatic carbocycles. The van der Waals surface area contributed by atoms with E-state index in [0.717, 1.165) is 0 Å². The van der Waals surface area contributed by atoms with Gasteiger partial charge in [0.2, 0.25) is 0 Å². The monoisotopic (exact) mass is 446 g/mol. The van der Waals surface area contributed by atoms with Crippen molar-refractivity contribution >= 4 is 14.5 Å². The molecule has 0 fully saturated rings. The van der Waals surface area contributed by atoms with Crippen molar-refractivity contribution < 1.29 is 0 Å². The van der Waals surface area contributed by atoms with E-state index in [1.165, 1.54) is 95.8 Å². The van der Waals surface area contributed by atoms with Crippen molar-refractivity contribution in [1.82, 2.24) is 0 Å². The third-order valence-corrected chi connectivity index (χ3v) is 17.8. The van der Waals surface area contributed by atoms with Crippen LogP contribution in [-0.2, 0) is 0 Å². The van der Waals surface area contributed by atoms with E-state index in [1.54, 1.807) is 37.0 Å². The molecule has 0 saturated heterocycles. The Balaban J connectivity index is 4.28. The largest absolute Gasteiger partial charge is 0.0652 e. The zero-order chi connectivity index (χ0) is 21.8. The van der Waals surface area contributed by atoms with Gasteiger partial charge in [0, 0.05) is 14.5 Å². The second-order valence-corrected chi connectivity index (χ2v) is 19.2. The zero-order valence-electron chi connectivity index (χ0n) is 21.7. The van der Waals surface area contributed by atoms with Gasteiger partial charge in [0.1, 0.15) is 0 Å². The average molecular weight is 447 g/mol. The van der Waals surface area contributed by atoms with Gasteiger partial charge in [0.15, 0.2) is 0 Å². The summed E-state index contributed by atoms with van der Waals surface area (Å²) in [5, 5.41) is 0. The molecule has 0 heterocycles. The van der Waals surface area contributed by atoms with Gasteiger partial charge >= 0.3 is 0 Å². The lowest BCUT2D eigenvalue weighted by atomic mass is 10.2. The van der Waals surface area contributed by atoms with Crippen LogP contribution in [0, 0.1) is 0 Å². The van der Waals surface area contributed by atoms with Gasteiger partial charge < -0.3 is 0 Å². The molecular formula is C27H60P2+2. The van der Waals surface area contributed by atoms with Crippen LogP contribution in [0.25, 0.3) is 0 Å². The van der Waals surface area contributed by atoms with Gasteiger partial charge in [-0.1, -0.05) is 59.8 Å². The summed E-state index contributed by atoms with van der Waals surface area (Å²) >= 11 is 0. The molecular weight excluding hydrogens is 386 g/mol. The standard InChI is InChI=1S/C27H60P2/c1-7-13-22-28(11-5,23-14-8-2)26-20-18-17-19-21-27-29(12-6,24-15-9-3)25-16-10-4/h7-27H2,1-6H3/q+2. The minimum Gasteiger partial charge on any atom is -0.0652 e. The van der Waals surface area contributed by atoms with Crippen molar-refractivity contribution in [2.45, 2.75) is 125 Å². The van der Waals surface area contributed by atoms with Crippen LogP contribution in [0.4, 0.5) is 0 Å². The molecule has 0 aliphatic rings. The minimum atomic E-state index is -0.617. The quantitative estimate of drug-likeness (QED) is 0.115. The van der Waals surface area contributed by atoms with Crippen molar-refractivity contribution in [2.24, 2.45) is 0 Å². The van der Waals surface area contributed by atoms with Crippen LogP contribution in [0.2, 0.25) is 0 Å². The van der Waals surface area contributed by atoms with Gasteiger partial charge in [-0.15, -0.1) is 0 Å². The Morgan fingerprint density at radius 2 is 0.552 bits per heavy atom. The van der Waals surface area contributed by atoms with E-state index in [0.29, 0.717) is 0 Å². The molecule has 0 aromatic heterocycles. The lowest BCUT2D eigenvalue weighted by Gasteiger charge is -2.27. The maximum absolute atomic E-state index is 2.51. The average Bonchev–Trinajstić information content (AvgIpc) is 2.76. The second-order valence-electron chi connectivity index (χ2n) is 9.84. The van der Waals surface area contributed by atoms with Crippen LogP contribution in [0.15, 0.2) is 0 Å². The summed E-state index contributed by atoms with van der Waals surface area (Å²) in [6.07, 6.45) is 31.8. The van der Waals surface area contributed by atoms with Gasteiger partial charge in [-0.3, -0.25) is 0 Å². The smallest absolute Gasteiger partial charge is 0.0594 e. The van der Waals surface area contributed by atoms with Crippen LogP contribution >= 0.6 is 14.5 Å². The first-order valence-corrected chi connectivity index (χ1v) is 18.8. The van der Waals surface area contributed by atoms with Crippen LogP contribution in [0.5, 0.6) is 0 Å². The van der Waals surface area contributed by atoms with Crippen molar-refractivity contribution in [2.75, 3.05) is 49.3 Å². The third kappa shape index (κ3) is 13.8. The molecule has 0 saturated carbocycles. The van der Waals surface area contributed by atoms with Crippen LogP contribution in [0.3, 0.4) is 0 Å². The Morgan fingerprint density at radius 1 is 0.310 bits per heavy atom. The maximum Gasteiger partial charge on any atom is 0.0594 e. The zero-order valence-corrected chi connectivity index (χ0v) is 23.5. The summed E-state index contributed by atoms with van der Waals surface area (Å²) in [6.45, 7) is 14.5. The maximum atomic E-state index is 2.51. The van der Waals surface area contributed by atoms with E-state index in [9.17, 15) is 0 Å². The molecule has 0 unspecified atom stereocenters. The summed E-state index contributed by atoms with van der Waals surface area (Å²) in [5.41, 5.74) is 0. The topological polar surface area (TPSA) is 0 Å². The molecule has 0 aromatic rings. The number of rotatable bonds is 22. The fraction of sp³-hybridized carbons (Fsp3) is 1.00. The first-order chi connectivity index (χ1) is 14.1. The summed E-state index contributed by atoms with van der Waals surface area (Å²) in [7, 11) is -1.23. The van der Waals surface area contributed by atoms with E-state index in [-0.39, 0.29) is 0 Å². The molecule has 0 atom stereocenters. The Labute approximate surface area is 188 Å². The van der Waals surface area contributed by atoms with Gasteiger partial charge in [0.25, 0.3) is 0 Å². The highest BCUT2D eigenvalue weighted by molar-refractivity contribution is 7.76. The molecule has 29 heavy (non-hydrogen) atoms. The SMILES string of the molecule is CCCC[P+](CC)(CCCC)CCCCCCC[P+](CC)(CCCC)CCCC. The predicted octanol–water partition coefficient (Wildman–Crippen LogP) is 10.2. The normalized spacial score (nSPS) is 12.6. The number of hydrogen-bond donors (Lipinski definition) is 0. The van der Waals surface area contributed by atoms with Gasteiger partial charge in [-0.05, 0) is 65.2 Å². The molecule has 0 rings (SSSR count).